The van der Waals surface area contributed by atoms with Gasteiger partial charge in [-0.1, -0.05) is 6.07 Å². The molecule has 0 N–H and O–H groups in total. The first-order valence-corrected chi connectivity index (χ1v) is 5.75. The number of halogens is 1. The average Bonchev–Trinajstić information content (AvgIpc) is 2.72. The van der Waals surface area contributed by atoms with Gasteiger partial charge in [0.1, 0.15) is 29.8 Å². The van der Waals surface area contributed by atoms with Gasteiger partial charge in [0.05, 0.1) is 9.88 Å². The molecule has 1 aromatic carbocycles. The summed E-state index contributed by atoms with van der Waals surface area (Å²) in [6.45, 7) is 2.20. The number of hydrogen-bond donors (Lipinski definition) is 0. The molecule has 3 nitrogen and oxygen atoms in total. The molecule has 5 heteroatoms. The van der Waals surface area contributed by atoms with Gasteiger partial charge in [-0.3, -0.25) is 0 Å². The molecule has 0 amide bonds. The quantitative estimate of drug-likeness (QED) is 0.838. The van der Waals surface area contributed by atoms with E-state index in [9.17, 15) is 4.39 Å². The van der Waals surface area contributed by atoms with Crippen LogP contribution in [0, 0.1) is 24.1 Å². The van der Waals surface area contributed by atoms with E-state index in [1.54, 1.807) is 18.3 Å². The van der Waals surface area contributed by atoms with Crippen molar-refractivity contribution in [2.75, 3.05) is 0 Å². The summed E-state index contributed by atoms with van der Waals surface area (Å²) in [5.41, 5.74) is -0.0614. The maximum Gasteiger partial charge on any atom is 0.144 e. The lowest BCUT2D eigenvalue weighted by molar-refractivity contribution is 0.307. The molecule has 1 aromatic heterocycles. The van der Waals surface area contributed by atoms with E-state index in [0.29, 0.717) is 6.61 Å². The maximum absolute atomic E-state index is 13.3. The van der Waals surface area contributed by atoms with Crippen molar-refractivity contribution in [2.45, 2.75) is 13.5 Å². The van der Waals surface area contributed by atoms with Gasteiger partial charge in [0.15, 0.2) is 0 Å². The summed E-state index contributed by atoms with van der Waals surface area (Å²) in [6, 6.07) is 6.13. The van der Waals surface area contributed by atoms with E-state index in [4.69, 9.17) is 10.00 Å². The summed E-state index contributed by atoms with van der Waals surface area (Å²) < 4.78 is 18.7. The number of nitrogens with zero attached hydrogens (tertiary/aromatic N) is 2. The van der Waals surface area contributed by atoms with Crippen LogP contribution >= 0.6 is 11.3 Å². The highest BCUT2D eigenvalue weighted by Crippen LogP contribution is 2.22. The van der Waals surface area contributed by atoms with Crippen LogP contribution in [0.3, 0.4) is 0 Å². The third-order valence-corrected chi connectivity index (χ3v) is 3.01. The molecule has 86 valence electrons. The lowest BCUT2D eigenvalue weighted by atomic mass is 10.2. The van der Waals surface area contributed by atoms with Crippen LogP contribution < -0.4 is 4.74 Å². The molecule has 2 aromatic rings. The Labute approximate surface area is 102 Å². The molecule has 0 atom stereocenters. The molecule has 0 aliphatic rings. The van der Waals surface area contributed by atoms with Gasteiger partial charge in [-0.15, -0.1) is 11.3 Å². The van der Waals surface area contributed by atoms with Gasteiger partial charge in [0.2, 0.25) is 0 Å². The minimum absolute atomic E-state index is 0.0614. The van der Waals surface area contributed by atoms with Crippen LogP contribution in [0.15, 0.2) is 24.4 Å². The van der Waals surface area contributed by atoms with E-state index >= 15 is 0 Å². The van der Waals surface area contributed by atoms with Gasteiger partial charge in [-0.25, -0.2) is 9.37 Å². The van der Waals surface area contributed by atoms with Crippen molar-refractivity contribution in [3.05, 3.63) is 45.7 Å². The van der Waals surface area contributed by atoms with Gasteiger partial charge in [-0.05, 0) is 19.1 Å². The first-order chi connectivity index (χ1) is 8.20. The number of nitriles is 1. The highest BCUT2D eigenvalue weighted by atomic mass is 32.1. The molecule has 0 radical (unpaired) electrons. The number of benzene rings is 1. The second kappa shape index (κ2) is 4.93. The van der Waals surface area contributed by atoms with Crippen LogP contribution in [0.4, 0.5) is 4.39 Å². The Kier molecular flexibility index (Phi) is 3.35. The molecule has 0 saturated carbocycles. The summed E-state index contributed by atoms with van der Waals surface area (Å²) >= 11 is 1.51. The molecule has 0 aliphatic carbocycles. The van der Waals surface area contributed by atoms with Gasteiger partial charge >= 0.3 is 0 Å². The Bertz CT molecular complexity index is 574. The van der Waals surface area contributed by atoms with Crippen molar-refractivity contribution in [3.63, 3.8) is 0 Å². The SMILES string of the molecule is Cc1ncc(COc2cccc(F)c2C#N)s1. The molecular formula is C12H9FN2OS. The second-order valence-corrected chi connectivity index (χ2v) is 4.68. The fourth-order valence-electron chi connectivity index (χ4n) is 1.35. The molecule has 0 bridgehead atoms. The third-order valence-electron chi connectivity index (χ3n) is 2.13. The lowest BCUT2D eigenvalue weighted by Gasteiger charge is -2.06. The second-order valence-electron chi connectivity index (χ2n) is 3.36. The van der Waals surface area contributed by atoms with Crippen molar-refractivity contribution < 1.29 is 9.13 Å². The van der Waals surface area contributed by atoms with E-state index < -0.39 is 5.82 Å². The van der Waals surface area contributed by atoms with E-state index in [1.807, 2.05) is 6.92 Å². The fraction of sp³-hybridized carbons (Fsp3) is 0.167. The summed E-state index contributed by atoms with van der Waals surface area (Å²) in [6.07, 6.45) is 1.71. The highest BCUT2D eigenvalue weighted by molar-refractivity contribution is 7.11. The first-order valence-electron chi connectivity index (χ1n) is 4.93. The van der Waals surface area contributed by atoms with Crippen LogP contribution in [0.5, 0.6) is 5.75 Å². The minimum atomic E-state index is -0.564. The van der Waals surface area contributed by atoms with Crippen molar-refractivity contribution in [2.24, 2.45) is 0 Å². The molecule has 0 fully saturated rings. The van der Waals surface area contributed by atoms with Crippen LogP contribution in [0.2, 0.25) is 0 Å². The smallest absolute Gasteiger partial charge is 0.144 e. The van der Waals surface area contributed by atoms with Crippen molar-refractivity contribution in [1.29, 1.82) is 5.26 Å². The van der Waals surface area contributed by atoms with E-state index in [1.165, 1.54) is 23.5 Å². The zero-order valence-corrected chi connectivity index (χ0v) is 9.92. The predicted molar refractivity (Wildman–Crippen MR) is 62.3 cm³/mol. The predicted octanol–water partition coefficient (Wildman–Crippen LogP) is 3.04. The monoisotopic (exact) mass is 248 g/mol. The van der Waals surface area contributed by atoms with Crippen LogP contribution in [0.25, 0.3) is 0 Å². The number of aryl methyl sites for hydroxylation is 1. The molecule has 0 spiro atoms. The van der Waals surface area contributed by atoms with Crippen LogP contribution in [0.1, 0.15) is 15.4 Å². The van der Waals surface area contributed by atoms with E-state index in [2.05, 4.69) is 4.98 Å². The van der Waals surface area contributed by atoms with Gasteiger partial charge in [0.25, 0.3) is 0 Å². The zero-order chi connectivity index (χ0) is 12.3. The summed E-state index contributed by atoms with van der Waals surface area (Å²) in [4.78, 5) is 5.03. The number of thiazole rings is 1. The van der Waals surface area contributed by atoms with Crippen molar-refractivity contribution in [1.82, 2.24) is 4.98 Å². The molecule has 17 heavy (non-hydrogen) atoms. The van der Waals surface area contributed by atoms with Crippen molar-refractivity contribution >= 4 is 11.3 Å². The third kappa shape index (κ3) is 2.60. The first kappa shape index (κ1) is 11.6. The number of ether oxygens (including phenoxy) is 1. The molecular weight excluding hydrogens is 239 g/mol. The van der Waals surface area contributed by atoms with Crippen LogP contribution in [-0.2, 0) is 6.61 Å². The number of rotatable bonds is 3. The standard InChI is InChI=1S/C12H9FN2OS/c1-8-15-6-9(17-8)7-16-12-4-2-3-11(13)10(12)5-14/h2-4,6H,7H2,1H3. The number of hydrogen-bond acceptors (Lipinski definition) is 4. The van der Waals surface area contributed by atoms with Gasteiger partial charge < -0.3 is 4.74 Å². The summed E-state index contributed by atoms with van der Waals surface area (Å²) in [5, 5.41) is 9.77. The Hall–Kier alpha value is -1.93. The molecule has 0 unspecified atom stereocenters. The molecule has 1 heterocycles. The summed E-state index contributed by atoms with van der Waals surface area (Å²) in [5.74, 6) is -0.302. The Morgan fingerprint density at radius 2 is 2.35 bits per heavy atom. The highest BCUT2D eigenvalue weighted by Gasteiger charge is 2.09. The minimum Gasteiger partial charge on any atom is -0.487 e. The van der Waals surface area contributed by atoms with E-state index in [-0.39, 0.29) is 11.3 Å². The Morgan fingerprint density at radius 3 is 3.00 bits per heavy atom. The van der Waals surface area contributed by atoms with E-state index in [0.717, 1.165) is 9.88 Å². The normalized spacial score (nSPS) is 9.94. The average molecular weight is 248 g/mol. The van der Waals surface area contributed by atoms with Gasteiger partial charge in [-0.2, -0.15) is 5.26 Å². The van der Waals surface area contributed by atoms with Crippen molar-refractivity contribution in [3.8, 4) is 11.8 Å². The van der Waals surface area contributed by atoms with Gasteiger partial charge in [0, 0.05) is 6.20 Å². The Morgan fingerprint density at radius 1 is 1.53 bits per heavy atom. The Balaban J connectivity index is 2.14. The molecule has 2 rings (SSSR count). The van der Waals surface area contributed by atoms with Crippen LogP contribution in [-0.4, -0.2) is 4.98 Å². The zero-order valence-electron chi connectivity index (χ0n) is 9.11. The summed E-state index contributed by atoms with van der Waals surface area (Å²) in [7, 11) is 0. The largest absolute Gasteiger partial charge is 0.487 e. The maximum atomic E-state index is 13.3. The molecule has 0 aliphatic heterocycles. The fourth-order valence-corrected chi connectivity index (χ4v) is 2.06. The topological polar surface area (TPSA) is 45.9 Å². The number of aromatic nitrogens is 1. The molecule has 0 saturated heterocycles. The lowest BCUT2D eigenvalue weighted by Crippen LogP contribution is -1.97.